The van der Waals surface area contributed by atoms with Gasteiger partial charge in [-0.1, -0.05) is 19.8 Å². The van der Waals surface area contributed by atoms with E-state index in [1.54, 1.807) is 0 Å². The van der Waals surface area contributed by atoms with E-state index in [-0.39, 0.29) is 0 Å². The van der Waals surface area contributed by atoms with Crippen LogP contribution >= 0.6 is 0 Å². The van der Waals surface area contributed by atoms with Gasteiger partial charge in [-0.25, -0.2) is 0 Å². The van der Waals surface area contributed by atoms with Gasteiger partial charge in [0.05, 0.1) is 6.54 Å². The number of hydrogen-bond donors (Lipinski definition) is 1. The predicted molar refractivity (Wildman–Crippen MR) is 65.8 cm³/mol. The Labute approximate surface area is 94.4 Å². The largest absolute Gasteiger partial charge is 0.303 e. The number of piperidine rings is 1. The average Bonchev–Trinajstić information content (AvgIpc) is 2.29. The summed E-state index contributed by atoms with van der Waals surface area (Å²) in [5.41, 5.74) is 0. The van der Waals surface area contributed by atoms with Gasteiger partial charge < -0.3 is 10.2 Å². The van der Waals surface area contributed by atoms with Crippen molar-refractivity contribution in [2.24, 2.45) is 0 Å². The van der Waals surface area contributed by atoms with Crippen LogP contribution in [0.15, 0.2) is 0 Å². The van der Waals surface area contributed by atoms with E-state index in [4.69, 9.17) is 6.42 Å². The third kappa shape index (κ3) is 3.85. The summed E-state index contributed by atoms with van der Waals surface area (Å²) < 4.78 is 0. The number of hydrogen-bond acceptors (Lipinski definition) is 2. The fraction of sp³-hybridized carbons (Fsp3) is 0.846. The van der Waals surface area contributed by atoms with Gasteiger partial charge >= 0.3 is 0 Å². The van der Waals surface area contributed by atoms with Crippen molar-refractivity contribution in [3.05, 3.63) is 0 Å². The van der Waals surface area contributed by atoms with E-state index in [9.17, 15) is 0 Å². The van der Waals surface area contributed by atoms with Gasteiger partial charge in [-0.3, -0.25) is 0 Å². The van der Waals surface area contributed by atoms with E-state index in [0.29, 0.717) is 6.04 Å². The number of nitrogens with one attached hydrogen (secondary N) is 1. The van der Waals surface area contributed by atoms with Crippen LogP contribution in [-0.4, -0.2) is 36.6 Å². The molecule has 0 atom stereocenters. The summed E-state index contributed by atoms with van der Waals surface area (Å²) >= 11 is 0. The highest BCUT2D eigenvalue weighted by molar-refractivity contribution is 4.90. The van der Waals surface area contributed by atoms with Crippen LogP contribution in [0.5, 0.6) is 0 Å². The maximum absolute atomic E-state index is 5.24. The smallest absolute Gasteiger partial charge is 0.0575 e. The summed E-state index contributed by atoms with van der Waals surface area (Å²) in [6, 6.07) is 1.44. The lowest BCUT2D eigenvalue weighted by atomic mass is 10.0. The van der Waals surface area contributed by atoms with Gasteiger partial charge in [0.25, 0.3) is 0 Å². The van der Waals surface area contributed by atoms with Crippen molar-refractivity contribution >= 4 is 0 Å². The van der Waals surface area contributed by atoms with Gasteiger partial charge in [0.2, 0.25) is 0 Å². The Morgan fingerprint density at radius 2 is 1.93 bits per heavy atom. The van der Waals surface area contributed by atoms with Crippen LogP contribution in [0.1, 0.15) is 39.5 Å². The Balaban J connectivity index is 2.26. The first-order valence-electron chi connectivity index (χ1n) is 6.22. The molecule has 0 aromatic rings. The minimum absolute atomic E-state index is 0.645. The standard InChI is InChI=1S/C13H24N2/c1-4-9-14-12-7-10-15(11-8-12)13(5-2)6-3/h1,12-14H,5-11H2,2-3H3. The fourth-order valence-corrected chi connectivity index (χ4v) is 2.48. The van der Waals surface area contributed by atoms with Crippen molar-refractivity contribution in [1.82, 2.24) is 10.2 Å². The average molecular weight is 208 g/mol. The summed E-state index contributed by atoms with van der Waals surface area (Å²) in [7, 11) is 0. The van der Waals surface area contributed by atoms with E-state index >= 15 is 0 Å². The summed E-state index contributed by atoms with van der Waals surface area (Å²) in [5, 5.41) is 3.40. The summed E-state index contributed by atoms with van der Waals surface area (Å²) in [5.74, 6) is 2.65. The minimum Gasteiger partial charge on any atom is -0.303 e. The first kappa shape index (κ1) is 12.5. The van der Waals surface area contributed by atoms with E-state index in [1.165, 1.54) is 38.8 Å². The van der Waals surface area contributed by atoms with E-state index in [2.05, 4.69) is 30.0 Å². The fourth-order valence-electron chi connectivity index (χ4n) is 2.48. The van der Waals surface area contributed by atoms with E-state index < -0.39 is 0 Å². The summed E-state index contributed by atoms with van der Waals surface area (Å²) in [4.78, 5) is 2.63. The van der Waals surface area contributed by atoms with Crippen molar-refractivity contribution in [1.29, 1.82) is 0 Å². The van der Waals surface area contributed by atoms with Gasteiger partial charge in [-0.15, -0.1) is 6.42 Å². The van der Waals surface area contributed by atoms with Crippen LogP contribution in [0, 0.1) is 12.3 Å². The molecule has 0 radical (unpaired) electrons. The predicted octanol–water partition coefficient (Wildman–Crippen LogP) is 1.86. The Kier molecular flexibility index (Phi) is 5.75. The Morgan fingerprint density at radius 1 is 1.33 bits per heavy atom. The zero-order chi connectivity index (χ0) is 11.1. The molecule has 0 saturated carbocycles. The second-order valence-corrected chi connectivity index (χ2v) is 4.37. The Hall–Kier alpha value is -0.520. The van der Waals surface area contributed by atoms with Gasteiger partial charge in [-0.05, 0) is 38.8 Å². The van der Waals surface area contributed by atoms with Crippen molar-refractivity contribution in [2.75, 3.05) is 19.6 Å². The molecule has 1 aliphatic rings. The lowest BCUT2D eigenvalue weighted by molar-refractivity contribution is 0.137. The molecule has 1 rings (SSSR count). The number of nitrogens with zero attached hydrogens (tertiary/aromatic N) is 1. The third-order valence-corrected chi connectivity index (χ3v) is 3.48. The molecule has 86 valence electrons. The van der Waals surface area contributed by atoms with Crippen LogP contribution in [0.2, 0.25) is 0 Å². The quantitative estimate of drug-likeness (QED) is 0.694. The van der Waals surface area contributed by atoms with Crippen LogP contribution < -0.4 is 5.32 Å². The Morgan fingerprint density at radius 3 is 2.40 bits per heavy atom. The highest BCUT2D eigenvalue weighted by atomic mass is 15.2. The Bertz CT molecular complexity index is 195. The molecule has 0 aromatic heterocycles. The first-order valence-corrected chi connectivity index (χ1v) is 6.22. The highest BCUT2D eigenvalue weighted by Crippen LogP contribution is 2.16. The van der Waals surface area contributed by atoms with Gasteiger partial charge in [0, 0.05) is 12.1 Å². The van der Waals surface area contributed by atoms with Crippen LogP contribution in [0.3, 0.4) is 0 Å². The minimum atomic E-state index is 0.645. The molecule has 0 amide bonds. The topological polar surface area (TPSA) is 15.3 Å². The van der Waals surface area contributed by atoms with Gasteiger partial charge in [-0.2, -0.15) is 0 Å². The van der Waals surface area contributed by atoms with Crippen molar-refractivity contribution in [2.45, 2.75) is 51.6 Å². The number of terminal acetylenes is 1. The second kappa shape index (κ2) is 6.87. The molecule has 0 unspecified atom stereocenters. The lowest BCUT2D eigenvalue weighted by Gasteiger charge is -2.37. The molecular formula is C13H24N2. The van der Waals surface area contributed by atoms with E-state index in [0.717, 1.165) is 12.6 Å². The molecule has 2 nitrogen and oxygen atoms in total. The molecular weight excluding hydrogens is 184 g/mol. The van der Waals surface area contributed by atoms with E-state index in [1.807, 2.05) is 0 Å². The molecule has 15 heavy (non-hydrogen) atoms. The van der Waals surface area contributed by atoms with Gasteiger partial charge in [0.15, 0.2) is 0 Å². The van der Waals surface area contributed by atoms with Crippen molar-refractivity contribution in [3.8, 4) is 12.3 Å². The number of likely N-dealkylation sites (tertiary alicyclic amines) is 1. The molecule has 0 spiro atoms. The SMILES string of the molecule is C#CCNC1CCN(C(CC)CC)CC1. The zero-order valence-electron chi connectivity index (χ0n) is 10.1. The molecule has 1 saturated heterocycles. The van der Waals surface area contributed by atoms with Crippen LogP contribution in [0.4, 0.5) is 0 Å². The van der Waals surface area contributed by atoms with Crippen LogP contribution in [-0.2, 0) is 0 Å². The van der Waals surface area contributed by atoms with Gasteiger partial charge in [0.1, 0.15) is 0 Å². The molecule has 0 aliphatic carbocycles. The molecule has 0 aromatic carbocycles. The molecule has 1 heterocycles. The summed E-state index contributed by atoms with van der Waals surface area (Å²) in [6.45, 7) is 7.76. The number of rotatable bonds is 5. The first-order chi connectivity index (χ1) is 7.31. The van der Waals surface area contributed by atoms with Crippen molar-refractivity contribution < 1.29 is 0 Å². The lowest BCUT2D eigenvalue weighted by Crippen LogP contribution is -2.46. The second-order valence-electron chi connectivity index (χ2n) is 4.37. The molecule has 1 N–H and O–H groups in total. The normalized spacial score (nSPS) is 19.3. The van der Waals surface area contributed by atoms with Crippen LogP contribution in [0.25, 0.3) is 0 Å². The molecule has 1 fully saturated rings. The molecule has 1 aliphatic heterocycles. The maximum Gasteiger partial charge on any atom is 0.0575 e. The third-order valence-electron chi connectivity index (χ3n) is 3.48. The monoisotopic (exact) mass is 208 g/mol. The van der Waals surface area contributed by atoms with Crippen molar-refractivity contribution in [3.63, 3.8) is 0 Å². The maximum atomic E-state index is 5.24. The zero-order valence-corrected chi connectivity index (χ0v) is 10.1. The molecule has 0 bridgehead atoms. The molecule has 2 heteroatoms. The summed E-state index contributed by atoms with van der Waals surface area (Å²) in [6.07, 6.45) is 10.3. The highest BCUT2D eigenvalue weighted by Gasteiger charge is 2.22.